The summed E-state index contributed by atoms with van der Waals surface area (Å²) in [5, 5.41) is 20.9. The molecule has 2 heterocycles. The zero-order chi connectivity index (χ0) is 12.1. The van der Waals surface area contributed by atoms with Crippen molar-refractivity contribution in [2.24, 2.45) is 0 Å². The van der Waals surface area contributed by atoms with Crippen LogP contribution >= 0.6 is 11.8 Å². The summed E-state index contributed by atoms with van der Waals surface area (Å²) in [6, 6.07) is 1.85. The lowest BCUT2D eigenvalue weighted by molar-refractivity contribution is -0.133. The number of aromatic nitrogens is 5. The van der Waals surface area contributed by atoms with Crippen LogP contribution in [-0.4, -0.2) is 41.4 Å². The summed E-state index contributed by atoms with van der Waals surface area (Å²) in [6.45, 7) is 1.36. The number of thioether (sulfide) groups is 1. The maximum absolute atomic E-state index is 10.5. The number of aliphatic carboxylic acids is 1. The van der Waals surface area contributed by atoms with Gasteiger partial charge in [0.05, 0.1) is 12.3 Å². The first kappa shape index (κ1) is 11.6. The second kappa shape index (κ2) is 5.48. The van der Waals surface area contributed by atoms with Gasteiger partial charge >= 0.3 is 5.97 Å². The van der Waals surface area contributed by atoms with Crippen molar-refractivity contribution in [1.82, 2.24) is 24.5 Å². The van der Waals surface area contributed by atoms with Crippen LogP contribution in [0, 0.1) is 0 Å². The zero-order valence-electron chi connectivity index (χ0n) is 8.93. The second-order valence-corrected chi connectivity index (χ2v) is 4.20. The van der Waals surface area contributed by atoms with Crippen molar-refractivity contribution in [3.8, 4) is 0 Å². The van der Waals surface area contributed by atoms with E-state index in [1.165, 1.54) is 0 Å². The van der Waals surface area contributed by atoms with Gasteiger partial charge in [-0.1, -0.05) is 11.8 Å². The maximum Gasteiger partial charge on any atom is 0.313 e. The van der Waals surface area contributed by atoms with E-state index in [9.17, 15) is 4.79 Å². The van der Waals surface area contributed by atoms with E-state index in [1.54, 1.807) is 17.2 Å². The van der Waals surface area contributed by atoms with Gasteiger partial charge in [-0.3, -0.25) is 9.48 Å². The summed E-state index contributed by atoms with van der Waals surface area (Å²) in [5.41, 5.74) is 0. The molecule has 0 bridgehead atoms. The highest BCUT2D eigenvalue weighted by atomic mass is 32.2. The lowest BCUT2D eigenvalue weighted by Gasteiger charge is -2.05. The monoisotopic (exact) mass is 253 g/mol. The normalized spacial score (nSPS) is 10.6. The Bertz CT molecular complexity index is 481. The van der Waals surface area contributed by atoms with Gasteiger partial charge in [-0.25, -0.2) is 0 Å². The molecule has 2 rings (SSSR count). The number of hydrogen-bond donors (Lipinski definition) is 1. The quantitative estimate of drug-likeness (QED) is 0.748. The van der Waals surface area contributed by atoms with Gasteiger partial charge in [0.25, 0.3) is 0 Å². The van der Waals surface area contributed by atoms with Crippen LogP contribution in [0.25, 0.3) is 0 Å². The molecule has 7 nitrogen and oxygen atoms in total. The van der Waals surface area contributed by atoms with Crippen molar-refractivity contribution in [2.75, 3.05) is 5.75 Å². The van der Waals surface area contributed by atoms with E-state index in [0.717, 1.165) is 11.8 Å². The van der Waals surface area contributed by atoms with Gasteiger partial charge in [-0.2, -0.15) is 5.10 Å². The lowest BCUT2D eigenvalue weighted by Crippen LogP contribution is -2.09. The average Bonchev–Trinajstić information content (AvgIpc) is 2.95. The van der Waals surface area contributed by atoms with Crippen molar-refractivity contribution >= 4 is 17.7 Å². The summed E-state index contributed by atoms with van der Waals surface area (Å²) < 4.78 is 3.61. The van der Waals surface area contributed by atoms with Gasteiger partial charge in [0.1, 0.15) is 6.33 Å². The third-order valence-corrected chi connectivity index (χ3v) is 3.00. The van der Waals surface area contributed by atoms with Crippen molar-refractivity contribution in [1.29, 1.82) is 0 Å². The fourth-order valence-electron chi connectivity index (χ4n) is 1.28. The fraction of sp³-hybridized carbons (Fsp3) is 0.333. The summed E-state index contributed by atoms with van der Waals surface area (Å²) in [7, 11) is 0. The molecule has 2 aromatic heterocycles. The van der Waals surface area contributed by atoms with Crippen LogP contribution in [0.5, 0.6) is 0 Å². The smallest absolute Gasteiger partial charge is 0.313 e. The summed E-state index contributed by atoms with van der Waals surface area (Å²) in [6.07, 6.45) is 5.17. The molecular weight excluding hydrogens is 242 g/mol. The minimum absolute atomic E-state index is 0.0134. The predicted octanol–water partition coefficient (Wildman–Crippen LogP) is 0.351. The van der Waals surface area contributed by atoms with Crippen LogP contribution < -0.4 is 0 Å². The van der Waals surface area contributed by atoms with E-state index in [0.29, 0.717) is 18.2 Å². The van der Waals surface area contributed by atoms with E-state index in [2.05, 4.69) is 15.3 Å². The Morgan fingerprint density at radius 3 is 3.06 bits per heavy atom. The minimum atomic E-state index is -0.864. The molecule has 8 heteroatoms. The number of hydrogen-bond acceptors (Lipinski definition) is 5. The number of carbonyl (C=O) groups is 1. The molecule has 0 aliphatic rings. The molecule has 0 spiro atoms. The maximum atomic E-state index is 10.5. The summed E-state index contributed by atoms with van der Waals surface area (Å²) in [5.74, 6) is -0.878. The van der Waals surface area contributed by atoms with Gasteiger partial charge < -0.3 is 9.67 Å². The Kier molecular flexibility index (Phi) is 3.76. The largest absolute Gasteiger partial charge is 0.481 e. The van der Waals surface area contributed by atoms with Crippen molar-refractivity contribution in [3.63, 3.8) is 0 Å². The van der Waals surface area contributed by atoms with Gasteiger partial charge in [0.15, 0.2) is 5.16 Å². The Labute approximate surface area is 101 Å². The van der Waals surface area contributed by atoms with Gasteiger partial charge in [-0.05, 0) is 6.07 Å². The SMILES string of the molecule is O=C(O)CSc1nncn1CCn1cccn1. The molecule has 0 saturated heterocycles. The predicted molar refractivity (Wildman–Crippen MR) is 60.6 cm³/mol. The number of carboxylic acids is 1. The third kappa shape index (κ3) is 3.31. The number of rotatable bonds is 6. The molecule has 1 N–H and O–H groups in total. The molecule has 0 aromatic carbocycles. The fourth-order valence-corrected chi connectivity index (χ4v) is 1.94. The highest BCUT2D eigenvalue weighted by Crippen LogP contribution is 2.14. The number of carboxylic acid groups (broad SMARTS) is 1. The van der Waals surface area contributed by atoms with Crippen LogP contribution in [0.1, 0.15) is 0 Å². The first-order valence-corrected chi connectivity index (χ1v) is 5.94. The van der Waals surface area contributed by atoms with Crippen molar-refractivity contribution < 1.29 is 9.90 Å². The highest BCUT2D eigenvalue weighted by molar-refractivity contribution is 7.99. The molecule has 0 fully saturated rings. The lowest BCUT2D eigenvalue weighted by atomic mass is 10.6. The standard InChI is InChI=1S/C9H11N5O2S/c15-8(16)6-17-9-12-10-7-13(9)4-5-14-3-1-2-11-14/h1-3,7H,4-6H2,(H,15,16). The van der Waals surface area contributed by atoms with Crippen LogP contribution in [0.4, 0.5) is 0 Å². The van der Waals surface area contributed by atoms with Crippen LogP contribution in [0.15, 0.2) is 29.9 Å². The molecule has 17 heavy (non-hydrogen) atoms. The Balaban J connectivity index is 1.92. The van der Waals surface area contributed by atoms with Crippen molar-refractivity contribution in [2.45, 2.75) is 18.2 Å². The average molecular weight is 253 g/mol. The van der Waals surface area contributed by atoms with Crippen LogP contribution in [0.3, 0.4) is 0 Å². The van der Waals surface area contributed by atoms with E-state index in [1.807, 2.05) is 16.8 Å². The number of aryl methyl sites for hydroxylation is 2. The molecule has 2 aromatic rings. The van der Waals surface area contributed by atoms with Crippen molar-refractivity contribution in [3.05, 3.63) is 24.8 Å². The molecule has 0 radical (unpaired) electrons. The molecule has 0 unspecified atom stereocenters. The van der Waals surface area contributed by atoms with E-state index < -0.39 is 5.97 Å². The number of nitrogens with zero attached hydrogens (tertiary/aromatic N) is 5. The molecule has 90 valence electrons. The minimum Gasteiger partial charge on any atom is -0.481 e. The van der Waals surface area contributed by atoms with Gasteiger partial charge in [-0.15, -0.1) is 10.2 Å². The molecule has 0 saturated carbocycles. The van der Waals surface area contributed by atoms with Gasteiger partial charge in [0.2, 0.25) is 0 Å². The van der Waals surface area contributed by atoms with Crippen LogP contribution in [0.2, 0.25) is 0 Å². The zero-order valence-corrected chi connectivity index (χ0v) is 9.75. The molecule has 0 aliphatic carbocycles. The first-order valence-electron chi connectivity index (χ1n) is 4.95. The van der Waals surface area contributed by atoms with Gasteiger partial charge in [0, 0.05) is 18.9 Å². The highest BCUT2D eigenvalue weighted by Gasteiger charge is 2.07. The molecular formula is C9H11N5O2S. The third-order valence-electron chi connectivity index (χ3n) is 2.03. The summed E-state index contributed by atoms with van der Waals surface area (Å²) in [4.78, 5) is 10.5. The van der Waals surface area contributed by atoms with E-state index in [4.69, 9.17) is 5.11 Å². The Hall–Kier alpha value is -1.83. The van der Waals surface area contributed by atoms with E-state index >= 15 is 0 Å². The van der Waals surface area contributed by atoms with E-state index in [-0.39, 0.29) is 5.75 Å². The molecule has 0 amide bonds. The Morgan fingerprint density at radius 1 is 1.47 bits per heavy atom. The van der Waals surface area contributed by atoms with Crippen LogP contribution in [-0.2, 0) is 17.9 Å². The molecule has 0 aliphatic heterocycles. The Morgan fingerprint density at radius 2 is 2.35 bits per heavy atom. The first-order chi connectivity index (χ1) is 8.25. The second-order valence-electron chi connectivity index (χ2n) is 3.26. The summed E-state index contributed by atoms with van der Waals surface area (Å²) >= 11 is 1.16. The topological polar surface area (TPSA) is 85.8 Å². The molecule has 0 atom stereocenters.